The van der Waals surface area contributed by atoms with Gasteiger partial charge in [-0.3, -0.25) is 28.9 Å². The number of aromatic nitrogens is 5. The molecule has 6 heterocycles. The minimum Gasteiger partial charge on any atom is -0.381 e. The van der Waals surface area contributed by atoms with Crippen LogP contribution in [-0.2, 0) is 32.2 Å². The van der Waals surface area contributed by atoms with Gasteiger partial charge in [-0.1, -0.05) is 30.3 Å². The summed E-state index contributed by atoms with van der Waals surface area (Å²) in [6.07, 6.45) is 4.27. The van der Waals surface area contributed by atoms with Gasteiger partial charge in [-0.25, -0.2) is 22.9 Å². The van der Waals surface area contributed by atoms with Crippen molar-refractivity contribution in [2.24, 2.45) is 5.92 Å². The summed E-state index contributed by atoms with van der Waals surface area (Å²) >= 11 is 0. The lowest BCUT2D eigenvalue weighted by Gasteiger charge is -2.35. The Morgan fingerprint density at radius 1 is 0.968 bits per heavy atom. The number of urea groups is 1. The number of anilines is 2. The van der Waals surface area contributed by atoms with E-state index in [0.717, 1.165) is 40.6 Å². The van der Waals surface area contributed by atoms with E-state index in [1.807, 2.05) is 22.5 Å². The van der Waals surface area contributed by atoms with Gasteiger partial charge in [0, 0.05) is 77.4 Å². The molecule has 3 aromatic carbocycles. The lowest BCUT2D eigenvalue weighted by molar-refractivity contribution is 0.0664. The van der Waals surface area contributed by atoms with Crippen LogP contribution in [0, 0.1) is 30.4 Å². The van der Waals surface area contributed by atoms with Crippen LogP contribution in [0.15, 0.2) is 70.0 Å². The predicted octanol–water partition coefficient (Wildman–Crippen LogP) is 7.32. The molecule has 63 heavy (non-hydrogen) atoms. The van der Waals surface area contributed by atoms with Crippen LogP contribution in [0.4, 0.5) is 20.7 Å². The summed E-state index contributed by atoms with van der Waals surface area (Å²) in [6, 6.07) is 18.2. The van der Waals surface area contributed by atoms with Crippen molar-refractivity contribution < 1.29 is 27.4 Å². The Balaban J connectivity index is 1.07. The molecule has 3 fully saturated rings. The molecule has 1 unspecified atom stereocenters. The SMILES string of the molecule is Cc1cc(-n2nc3c(c2N2CCN(c4ccc(CS(C)(=N)=O)cc4)C2=O)[C@H](C)N(C(=O)c2cc4cc(C5CCOCC5)ccc4n2[C@@]2(c4noc(=O)[nH]4)C[C@@H]2C)CC3)cc(C)c1F. The summed E-state index contributed by atoms with van der Waals surface area (Å²) in [7, 11) is -2.75. The summed E-state index contributed by atoms with van der Waals surface area (Å²) in [6.45, 7) is 9.86. The number of carbonyl (C=O) groups is 2. The first-order valence-corrected chi connectivity index (χ1v) is 23.7. The maximum Gasteiger partial charge on any atom is 0.438 e. The highest BCUT2D eigenvalue weighted by molar-refractivity contribution is 7.90. The first-order valence-electron chi connectivity index (χ1n) is 21.5. The lowest BCUT2D eigenvalue weighted by atomic mass is 9.91. The zero-order chi connectivity index (χ0) is 44.1. The van der Waals surface area contributed by atoms with Gasteiger partial charge in [0.05, 0.1) is 23.2 Å². The first-order chi connectivity index (χ1) is 30.1. The van der Waals surface area contributed by atoms with Crippen molar-refractivity contribution in [2.45, 2.75) is 76.6 Å². The number of aryl methyl sites for hydroxylation is 2. The smallest absolute Gasteiger partial charge is 0.381 e. The molecular weight excluding hydrogens is 826 g/mol. The van der Waals surface area contributed by atoms with E-state index in [-0.39, 0.29) is 29.4 Å². The highest BCUT2D eigenvalue weighted by Gasteiger charge is 2.59. The van der Waals surface area contributed by atoms with Crippen molar-refractivity contribution in [3.8, 4) is 5.69 Å². The fourth-order valence-corrected chi connectivity index (χ4v) is 11.1. The van der Waals surface area contributed by atoms with E-state index in [4.69, 9.17) is 19.1 Å². The van der Waals surface area contributed by atoms with Crippen molar-refractivity contribution in [3.05, 3.63) is 122 Å². The van der Waals surface area contributed by atoms with Gasteiger partial charge in [-0.15, -0.1) is 0 Å². The fraction of sp³-hybridized carbons (Fsp3) is 0.413. The van der Waals surface area contributed by atoms with Gasteiger partial charge in [0.15, 0.2) is 5.82 Å². The number of amides is 3. The van der Waals surface area contributed by atoms with Crippen molar-refractivity contribution in [3.63, 3.8) is 0 Å². The number of aromatic amines is 1. The summed E-state index contributed by atoms with van der Waals surface area (Å²) in [5, 5.41) is 10.2. The molecule has 2 saturated heterocycles. The van der Waals surface area contributed by atoms with Crippen LogP contribution in [-0.4, -0.2) is 84.6 Å². The van der Waals surface area contributed by atoms with Crippen molar-refractivity contribution in [1.29, 1.82) is 4.78 Å². The minimum absolute atomic E-state index is 0.0272. The van der Waals surface area contributed by atoms with E-state index in [0.29, 0.717) is 91.4 Å². The van der Waals surface area contributed by atoms with Gasteiger partial charge in [0.1, 0.15) is 22.9 Å². The average molecular weight is 876 g/mol. The Hall–Kier alpha value is -6.07. The molecule has 3 amide bonds. The summed E-state index contributed by atoms with van der Waals surface area (Å²) in [4.78, 5) is 50.5. The third-order valence-electron chi connectivity index (χ3n) is 13.6. The number of ether oxygens (including phenoxy) is 1. The highest BCUT2D eigenvalue weighted by atomic mass is 32.2. The van der Waals surface area contributed by atoms with Crippen molar-refractivity contribution in [1.82, 2.24) is 29.4 Å². The second kappa shape index (κ2) is 15.0. The van der Waals surface area contributed by atoms with Gasteiger partial charge in [-0.2, -0.15) is 5.10 Å². The Kier molecular flexibility index (Phi) is 9.78. The predicted molar refractivity (Wildman–Crippen MR) is 236 cm³/mol. The molecule has 6 aromatic rings. The second-order valence-electron chi connectivity index (χ2n) is 17.9. The topological polar surface area (TPSA) is 176 Å². The quantitative estimate of drug-likeness (QED) is 0.152. The van der Waals surface area contributed by atoms with Crippen LogP contribution in [0.5, 0.6) is 0 Å². The van der Waals surface area contributed by atoms with E-state index >= 15 is 9.18 Å². The molecule has 1 saturated carbocycles. The number of nitrogens with zero attached hydrogens (tertiary/aromatic N) is 7. The number of rotatable bonds is 9. The van der Waals surface area contributed by atoms with E-state index in [1.165, 1.54) is 11.8 Å². The maximum atomic E-state index is 15.5. The Bertz CT molecular complexity index is 2980. The molecule has 4 aliphatic rings. The van der Waals surface area contributed by atoms with Crippen LogP contribution in [0.2, 0.25) is 0 Å². The molecule has 0 bridgehead atoms. The Labute approximate surface area is 363 Å². The Morgan fingerprint density at radius 2 is 1.67 bits per heavy atom. The molecule has 15 nitrogen and oxygen atoms in total. The number of nitrogens with one attached hydrogen (secondary N) is 2. The molecule has 4 atom stereocenters. The largest absolute Gasteiger partial charge is 0.438 e. The average Bonchev–Trinajstić information content (AvgIpc) is 3.75. The summed E-state index contributed by atoms with van der Waals surface area (Å²) in [5.74, 6) is 0.169. The summed E-state index contributed by atoms with van der Waals surface area (Å²) < 4.78 is 49.6. The maximum absolute atomic E-state index is 15.5. The molecule has 0 radical (unpaired) electrons. The van der Waals surface area contributed by atoms with Gasteiger partial charge in [0.25, 0.3) is 5.91 Å². The van der Waals surface area contributed by atoms with Gasteiger partial charge < -0.3 is 14.2 Å². The first kappa shape index (κ1) is 41.0. The number of hydrogen-bond donors (Lipinski definition) is 2. The van der Waals surface area contributed by atoms with Crippen LogP contribution in [0.1, 0.15) is 94.9 Å². The van der Waals surface area contributed by atoms with Crippen LogP contribution >= 0.6 is 0 Å². The lowest BCUT2D eigenvalue weighted by Crippen LogP contribution is -2.41. The molecule has 328 valence electrons. The second-order valence-corrected chi connectivity index (χ2v) is 20.2. The highest BCUT2D eigenvalue weighted by Crippen LogP contribution is 2.56. The number of H-pyrrole nitrogens is 1. The molecule has 3 aliphatic heterocycles. The van der Waals surface area contributed by atoms with Crippen LogP contribution in [0.3, 0.4) is 0 Å². The van der Waals surface area contributed by atoms with Crippen LogP contribution in [0.25, 0.3) is 16.6 Å². The van der Waals surface area contributed by atoms with E-state index < -0.39 is 27.1 Å². The van der Waals surface area contributed by atoms with Crippen molar-refractivity contribution >= 4 is 44.1 Å². The third-order valence-corrected chi connectivity index (χ3v) is 14.5. The number of halogens is 1. The molecule has 0 spiro atoms. The Morgan fingerprint density at radius 3 is 2.32 bits per heavy atom. The molecule has 10 rings (SSSR count). The zero-order valence-corrected chi connectivity index (χ0v) is 36.8. The molecule has 3 aromatic heterocycles. The van der Waals surface area contributed by atoms with E-state index in [2.05, 4.69) is 35.3 Å². The minimum atomic E-state index is -2.75. The number of benzene rings is 3. The molecule has 2 N–H and O–H groups in total. The molecule has 1 aliphatic carbocycles. The fourth-order valence-electron chi connectivity index (χ4n) is 10.3. The van der Waals surface area contributed by atoms with E-state index in [9.17, 15) is 13.8 Å². The van der Waals surface area contributed by atoms with Gasteiger partial charge in [-0.05, 0) is 117 Å². The van der Waals surface area contributed by atoms with Gasteiger partial charge >= 0.3 is 11.8 Å². The number of fused-ring (bicyclic) bond motifs is 2. The zero-order valence-electron chi connectivity index (χ0n) is 35.9. The molecular formula is C46H50FN9O6S. The summed E-state index contributed by atoms with van der Waals surface area (Å²) in [5.41, 5.74) is 6.02. The standard InChI is InChI=1S/C46H50FN9O6S/c1-26-20-35(21-27(2)40(26)47)56-41(54-17-16-53(45(54)59)34-9-6-30(7-10-34)25-63(5,48)60)39-29(4)52(15-12-36(39)50-56)42(57)38-23-33-22-32(31-13-18-61-19-14-31)8-11-37(33)55(38)46(24-28(46)3)43-49-44(58)62-51-43/h6-11,20-23,28-29,31,48H,12-19,24-25H2,1-5H3,(H,49,51,58)/t28-,29-,46-,63?/m0/s1. The monoisotopic (exact) mass is 875 g/mol. The van der Waals surface area contributed by atoms with Crippen molar-refractivity contribution in [2.75, 3.05) is 48.9 Å². The third kappa shape index (κ3) is 6.87. The number of hydrogen-bond acceptors (Lipinski definition) is 9. The normalized spacial score (nSPS) is 22.5. The van der Waals surface area contributed by atoms with Crippen LogP contribution < -0.4 is 15.6 Å². The molecule has 17 heteroatoms. The van der Waals surface area contributed by atoms with Gasteiger partial charge in [0.2, 0.25) is 0 Å². The number of carbonyl (C=O) groups excluding carboxylic acids is 2. The van der Waals surface area contributed by atoms with E-state index in [1.54, 1.807) is 64.7 Å².